The lowest BCUT2D eigenvalue weighted by molar-refractivity contribution is -0.117. The predicted octanol–water partition coefficient (Wildman–Crippen LogP) is 2.91. The van der Waals surface area contributed by atoms with Crippen LogP contribution in [0.4, 0.5) is 5.69 Å². The van der Waals surface area contributed by atoms with Crippen LogP contribution >= 0.6 is 44.3 Å². The van der Waals surface area contributed by atoms with E-state index >= 15 is 0 Å². The second-order valence-corrected chi connectivity index (χ2v) is 6.64. The van der Waals surface area contributed by atoms with Crippen molar-refractivity contribution in [1.29, 1.82) is 0 Å². The molecule has 3 N–H and O–H groups in total. The van der Waals surface area contributed by atoms with Crippen LogP contribution < -0.4 is 11.1 Å². The summed E-state index contributed by atoms with van der Waals surface area (Å²) in [5.74, 6) is -0.0145. The molecule has 4 nitrogen and oxygen atoms in total. The number of nitrogens with one attached hydrogen (secondary N) is 1. The number of amides is 1. The van der Waals surface area contributed by atoms with E-state index < -0.39 is 0 Å². The molecule has 1 aliphatic rings. The summed E-state index contributed by atoms with van der Waals surface area (Å²) in [6.45, 7) is 4.08. The number of anilines is 1. The second-order valence-electron chi connectivity index (χ2n) is 4.94. The van der Waals surface area contributed by atoms with E-state index in [2.05, 4.69) is 42.1 Å². The van der Waals surface area contributed by atoms with Crippen molar-refractivity contribution in [3.63, 3.8) is 0 Å². The van der Waals surface area contributed by atoms with Gasteiger partial charge >= 0.3 is 0 Å². The fourth-order valence-electron chi connectivity index (χ4n) is 2.21. The van der Waals surface area contributed by atoms with Gasteiger partial charge < -0.3 is 11.1 Å². The summed E-state index contributed by atoms with van der Waals surface area (Å²) in [5, 5.41) is 2.93. The van der Waals surface area contributed by atoms with Gasteiger partial charge in [-0.3, -0.25) is 9.69 Å². The lowest BCUT2D eigenvalue weighted by Crippen LogP contribution is -2.33. The highest BCUT2D eigenvalue weighted by molar-refractivity contribution is 9.11. The van der Waals surface area contributed by atoms with E-state index in [1.807, 2.05) is 19.1 Å². The Morgan fingerprint density at radius 1 is 1.45 bits per heavy atom. The molecule has 1 saturated heterocycles. The minimum Gasteiger partial charge on any atom is -0.326 e. The zero-order valence-electron chi connectivity index (χ0n) is 11.2. The average molecular weight is 428 g/mol. The number of hydrogen-bond donors (Lipinski definition) is 2. The minimum atomic E-state index is -0.0145. The smallest absolute Gasteiger partial charge is 0.238 e. The first kappa shape index (κ1) is 17.9. The van der Waals surface area contributed by atoms with Crippen LogP contribution in [0.15, 0.2) is 21.1 Å². The van der Waals surface area contributed by atoms with Gasteiger partial charge in [0, 0.05) is 28.1 Å². The molecule has 1 unspecified atom stereocenters. The van der Waals surface area contributed by atoms with Gasteiger partial charge in [0.25, 0.3) is 0 Å². The first-order chi connectivity index (χ1) is 8.95. The van der Waals surface area contributed by atoms with E-state index in [1.54, 1.807) is 0 Å². The van der Waals surface area contributed by atoms with Gasteiger partial charge in [0.15, 0.2) is 0 Å². The summed E-state index contributed by atoms with van der Waals surface area (Å²) in [6, 6.07) is 4.16. The number of likely N-dealkylation sites (tertiary alicyclic amines) is 1. The van der Waals surface area contributed by atoms with E-state index in [-0.39, 0.29) is 24.4 Å². The number of halogens is 3. The lowest BCUT2D eigenvalue weighted by Gasteiger charge is -2.16. The average Bonchev–Trinajstić information content (AvgIpc) is 2.69. The molecular weight excluding hydrogens is 409 g/mol. The number of carbonyl (C=O) groups excluding carboxylic acids is 1. The molecule has 1 heterocycles. The standard InChI is InChI=1S/C13H17Br2N3O.ClH/c1-8-4-10(14)13(11(15)5-8)17-12(19)7-18-3-2-9(16)6-18;/h4-5,9H,2-3,6-7,16H2,1H3,(H,17,19);1H. The van der Waals surface area contributed by atoms with Gasteiger partial charge in [0.05, 0.1) is 12.2 Å². The van der Waals surface area contributed by atoms with Gasteiger partial charge in [-0.05, 0) is 62.9 Å². The summed E-state index contributed by atoms with van der Waals surface area (Å²) in [7, 11) is 0. The van der Waals surface area contributed by atoms with Gasteiger partial charge in [0.2, 0.25) is 5.91 Å². The Morgan fingerprint density at radius 2 is 2.05 bits per heavy atom. The number of nitrogens with zero attached hydrogens (tertiary/aromatic N) is 1. The van der Waals surface area contributed by atoms with E-state index in [4.69, 9.17) is 5.73 Å². The topological polar surface area (TPSA) is 58.4 Å². The van der Waals surface area contributed by atoms with Gasteiger partial charge in [0.1, 0.15) is 0 Å². The Labute approximate surface area is 142 Å². The fraction of sp³-hybridized carbons (Fsp3) is 0.462. The normalized spacial score (nSPS) is 18.7. The largest absolute Gasteiger partial charge is 0.326 e. The molecule has 1 amide bonds. The lowest BCUT2D eigenvalue weighted by atomic mass is 10.2. The molecule has 1 aromatic rings. The minimum absolute atomic E-state index is 0. The van der Waals surface area contributed by atoms with E-state index in [0.717, 1.165) is 39.7 Å². The second kappa shape index (κ2) is 7.75. The predicted molar refractivity (Wildman–Crippen MR) is 91.5 cm³/mol. The van der Waals surface area contributed by atoms with Crippen LogP contribution in [0, 0.1) is 6.92 Å². The van der Waals surface area contributed by atoms with E-state index in [1.165, 1.54) is 0 Å². The Bertz CT molecular complexity index is 475. The number of hydrogen-bond acceptors (Lipinski definition) is 3. The zero-order chi connectivity index (χ0) is 14.0. The Balaban J connectivity index is 0.00000200. The molecule has 112 valence electrons. The molecule has 20 heavy (non-hydrogen) atoms. The molecule has 7 heteroatoms. The summed E-state index contributed by atoms with van der Waals surface area (Å²) < 4.78 is 1.76. The number of nitrogens with two attached hydrogens (primary N) is 1. The molecule has 0 saturated carbocycles. The molecule has 1 atom stereocenters. The van der Waals surface area contributed by atoms with Crippen LogP contribution in [0.25, 0.3) is 0 Å². The van der Waals surface area contributed by atoms with Crippen molar-refractivity contribution in [2.24, 2.45) is 5.73 Å². The number of benzene rings is 1. The molecule has 1 aliphatic heterocycles. The zero-order valence-corrected chi connectivity index (χ0v) is 15.1. The molecule has 0 spiro atoms. The van der Waals surface area contributed by atoms with Crippen LogP contribution in [-0.4, -0.2) is 36.5 Å². The summed E-state index contributed by atoms with van der Waals surface area (Å²) >= 11 is 6.94. The van der Waals surface area contributed by atoms with Crippen molar-refractivity contribution in [2.45, 2.75) is 19.4 Å². The van der Waals surface area contributed by atoms with Crippen LogP contribution in [0.2, 0.25) is 0 Å². The Hall–Kier alpha value is -0.140. The van der Waals surface area contributed by atoms with Crippen LogP contribution in [0.1, 0.15) is 12.0 Å². The molecule has 2 rings (SSSR count). The van der Waals surface area contributed by atoms with Crippen molar-refractivity contribution >= 4 is 55.9 Å². The van der Waals surface area contributed by atoms with Crippen molar-refractivity contribution in [3.05, 3.63) is 26.6 Å². The van der Waals surface area contributed by atoms with Crippen molar-refractivity contribution in [3.8, 4) is 0 Å². The SMILES string of the molecule is Cc1cc(Br)c(NC(=O)CN2CCC(N)C2)c(Br)c1.Cl. The van der Waals surface area contributed by atoms with Gasteiger partial charge in [-0.2, -0.15) is 0 Å². The van der Waals surface area contributed by atoms with Crippen LogP contribution in [0.5, 0.6) is 0 Å². The third-order valence-electron chi connectivity index (χ3n) is 3.13. The number of carbonyl (C=O) groups is 1. The third-order valence-corrected chi connectivity index (χ3v) is 4.38. The summed E-state index contributed by atoms with van der Waals surface area (Å²) in [5.41, 5.74) is 7.73. The van der Waals surface area contributed by atoms with E-state index in [0.29, 0.717) is 6.54 Å². The molecule has 0 aromatic heterocycles. The summed E-state index contributed by atoms with van der Waals surface area (Å²) in [6.07, 6.45) is 0.963. The molecule has 0 aliphatic carbocycles. The molecule has 1 aromatic carbocycles. The van der Waals surface area contributed by atoms with Crippen LogP contribution in [0.3, 0.4) is 0 Å². The highest BCUT2D eigenvalue weighted by Crippen LogP contribution is 2.32. The maximum absolute atomic E-state index is 12.0. The van der Waals surface area contributed by atoms with E-state index in [9.17, 15) is 4.79 Å². The third kappa shape index (κ3) is 4.70. The molecule has 0 radical (unpaired) electrons. The van der Waals surface area contributed by atoms with Crippen molar-refractivity contribution in [2.75, 3.05) is 25.0 Å². The monoisotopic (exact) mass is 425 g/mol. The molecule has 1 fully saturated rings. The maximum atomic E-state index is 12.0. The quantitative estimate of drug-likeness (QED) is 0.780. The van der Waals surface area contributed by atoms with Crippen molar-refractivity contribution in [1.82, 2.24) is 4.90 Å². The van der Waals surface area contributed by atoms with Crippen LogP contribution in [-0.2, 0) is 4.79 Å². The van der Waals surface area contributed by atoms with Gasteiger partial charge in [-0.15, -0.1) is 12.4 Å². The molecular formula is C13H18Br2ClN3O. The van der Waals surface area contributed by atoms with Gasteiger partial charge in [-0.25, -0.2) is 0 Å². The first-order valence-corrected chi connectivity index (χ1v) is 7.77. The first-order valence-electron chi connectivity index (χ1n) is 6.19. The Kier molecular flexibility index (Phi) is 6.94. The van der Waals surface area contributed by atoms with Gasteiger partial charge in [-0.1, -0.05) is 0 Å². The highest BCUT2D eigenvalue weighted by atomic mass is 79.9. The number of rotatable bonds is 3. The Morgan fingerprint density at radius 3 is 2.55 bits per heavy atom. The molecule has 0 bridgehead atoms. The van der Waals surface area contributed by atoms with Crippen molar-refractivity contribution < 1.29 is 4.79 Å². The number of aryl methyl sites for hydroxylation is 1. The highest BCUT2D eigenvalue weighted by Gasteiger charge is 2.21. The summed E-state index contributed by atoms with van der Waals surface area (Å²) in [4.78, 5) is 14.1. The maximum Gasteiger partial charge on any atom is 0.238 e. The fourth-order valence-corrected chi connectivity index (χ4v) is 3.82.